The Bertz CT molecular complexity index is 197. The average molecular weight is 123 g/mol. The standard InChI is InChI=1S/C6H9N3/c1-2-5-6(7)9-4-3-8-5/h3-4H,2H2,1H3,(H2,7,9). The van der Waals surface area contributed by atoms with Crippen LogP contribution in [0.15, 0.2) is 12.4 Å². The van der Waals surface area contributed by atoms with Crippen molar-refractivity contribution in [2.75, 3.05) is 5.73 Å². The van der Waals surface area contributed by atoms with Crippen LogP contribution in [0.1, 0.15) is 12.6 Å². The molecule has 0 spiro atoms. The number of rotatable bonds is 1. The first kappa shape index (κ1) is 6.01. The van der Waals surface area contributed by atoms with Gasteiger partial charge >= 0.3 is 0 Å². The van der Waals surface area contributed by atoms with Gasteiger partial charge in [-0.05, 0) is 6.42 Å². The van der Waals surface area contributed by atoms with Crippen LogP contribution in [0.4, 0.5) is 5.82 Å². The van der Waals surface area contributed by atoms with Crippen molar-refractivity contribution in [3.05, 3.63) is 18.1 Å². The predicted octanol–water partition coefficient (Wildman–Crippen LogP) is 0.621. The highest BCUT2D eigenvalue weighted by atomic mass is 14.9. The molecule has 1 aromatic rings. The minimum Gasteiger partial charge on any atom is -0.382 e. The molecule has 0 amide bonds. The molecule has 0 unspecified atom stereocenters. The van der Waals surface area contributed by atoms with Crippen molar-refractivity contribution in [3.8, 4) is 0 Å². The van der Waals surface area contributed by atoms with Gasteiger partial charge in [-0.15, -0.1) is 0 Å². The summed E-state index contributed by atoms with van der Waals surface area (Å²) in [5.41, 5.74) is 6.33. The van der Waals surface area contributed by atoms with E-state index in [1.54, 1.807) is 12.4 Å². The van der Waals surface area contributed by atoms with Crippen molar-refractivity contribution in [1.29, 1.82) is 0 Å². The molecule has 0 bridgehead atoms. The van der Waals surface area contributed by atoms with Crippen LogP contribution in [-0.4, -0.2) is 9.97 Å². The number of anilines is 1. The predicted molar refractivity (Wildman–Crippen MR) is 35.8 cm³/mol. The fraction of sp³-hybridized carbons (Fsp3) is 0.333. The number of nitrogens with two attached hydrogens (primary N) is 1. The van der Waals surface area contributed by atoms with Gasteiger partial charge in [-0.3, -0.25) is 4.98 Å². The lowest BCUT2D eigenvalue weighted by Gasteiger charge is -1.96. The van der Waals surface area contributed by atoms with E-state index in [4.69, 9.17) is 5.73 Å². The molecule has 0 aromatic carbocycles. The molecule has 0 fully saturated rings. The maximum atomic E-state index is 5.46. The van der Waals surface area contributed by atoms with Crippen molar-refractivity contribution in [2.45, 2.75) is 13.3 Å². The van der Waals surface area contributed by atoms with Crippen LogP contribution in [0.5, 0.6) is 0 Å². The molecule has 0 aliphatic rings. The monoisotopic (exact) mass is 123 g/mol. The van der Waals surface area contributed by atoms with Gasteiger partial charge in [0.2, 0.25) is 0 Å². The van der Waals surface area contributed by atoms with E-state index in [1.807, 2.05) is 6.92 Å². The molecule has 0 aliphatic heterocycles. The minimum atomic E-state index is 0.542. The molecule has 1 heterocycles. The number of nitrogen functional groups attached to an aromatic ring is 1. The molecule has 48 valence electrons. The Morgan fingerprint density at radius 3 is 2.56 bits per heavy atom. The number of aromatic nitrogens is 2. The molecule has 0 aliphatic carbocycles. The third-order valence-corrected chi connectivity index (χ3v) is 1.14. The lowest BCUT2D eigenvalue weighted by molar-refractivity contribution is 1.01. The van der Waals surface area contributed by atoms with Crippen LogP contribution < -0.4 is 5.73 Å². The summed E-state index contributed by atoms with van der Waals surface area (Å²) in [6, 6.07) is 0. The molecule has 0 radical (unpaired) electrons. The number of nitrogens with zero attached hydrogens (tertiary/aromatic N) is 2. The highest BCUT2D eigenvalue weighted by Crippen LogP contribution is 2.01. The molecule has 3 heteroatoms. The van der Waals surface area contributed by atoms with Crippen molar-refractivity contribution < 1.29 is 0 Å². The van der Waals surface area contributed by atoms with E-state index in [1.165, 1.54) is 0 Å². The minimum absolute atomic E-state index is 0.542. The van der Waals surface area contributed by atoms with Crippen LogP contribution in [0, 0.1) is 0 Å². The van der Waals surface area contributed by atoms with Gasteiger partial charge in [0.25, 0.3) is 0 Å². The van der Waals surface area contributed by atoms with Gasteiger partial charge in [-0.25, -0.2) is 4.98 Å². The maximum absolute atomic E-state index is 5.46. The molecule has 0 atom stereocenters. The van der Waals surface area contributed by atoms with Crippen LogP contribution in [0.25, 0.3) is 0 Å². The van der Waals surface area contributed by atoms with Gasteiger partial charge in [0.15, 0.2) is 0 Å². The summed E-state index contributed by atoms with van der Waals surface area (Å²) >= 11 is 0. The fourth-order valence-electron chi connectivity index (χ4n) is 0.650. The Kier molecular flexibility index (Phi) is 1.63. The summed E-state index contributed by atoms with van der Waals surface area (Å²) in [5.74, 6) is 0.542. The topological polar surface area (TPSA) is 51.8 Å². The first-order chi connectivity index (χ1) is 4.34. The molecule has 1 aromatic heterocycles. The quantitative estimate of drug-likeness (QED) is 0.595. The van der Waals surface area contributed by atoms with E-state index < -0.39 is 0 Å². The Morgan fingerprint density at radius 1 is 1.44 bits per heavy atom. The van der Waals surface area contributed by atoms with Crippen molar-refractivity contribution in [1.82, 2.24) is 9.97 Å². The Morgan fingerprint density at radius 2 is 2.11 bits per heavy atom. The van der Waals surface area contributed by atoms with Crippen molar-refractivity contribution in [2.24, 2.45) is 0 Å². The van der Waals surface area contributed by atoms with Gasteiger partial charge < -0.3 is 5.73 Å². The molecule has 1 rings (SSSR count). The molecule has 9 heavy (non-hydrogen) atoms. The smallest absolute Gasteiger partial charge is 0.145 e. The highest BCUT2D eigenvalue weighted by Gasteiger charge is 1.93. The van der Waals surface area contributed by atoms with Crippen molar-refractivity contribution >= 4 is 5.82 Å². The van der Waals surface area contributed by atoms with E-state index in [9.17, 15) is 0 Å². The zero-order valence-corrected chi connectivity index (χ0v) is 5.33. The molecule has 0 saturated heterocycles. The maximum Gasteiger partial charge on any atom is 0.145 e. The third kappa shape index (κ3) is 1.16. The lowest BCUT2D eigenvalue weighted by atomic mass is 10.3. The van der Waals surface area contributed by atoms with Gasteiger partial charge in [0.05, 0.1) is 5.69 Å². The summed E-state index contributed by atoms with van der Waals surface area (Å²) in [4.78, 5) is 7.87. The number of hydrogen-bond donors (Lipinski definition) is 1. The van der Waals surface area contributed by atoms with Crippen LogP contribution >= 0.6 is 0 Å². The zero-order chi connectivity index (χ0) is 6.69. The summed E-state index contributed by atoms with van der Waals surface area (Å²) in [6.07, 6.45) is 4.09. The first-order valence-corrected chi connectivity index (χ1v) is 2.90. The van der Waals surface area contributed by atoms with E-state index in [2.05, 4.69) is 9.97 Å². The van der Waals surface area contributed by atoms with Crippen LogP contribution in [0.3, 0.4) is 0 Å². The molecule has 0 saturated carbocycles. The normalized spacial score (nSPS) is 9.44. The summed E-state index contributed by atoms with van der Waals surface area (Å²) < 4.78 is 0. The highest BCUT2D eigenvalue weighted by molar-refractivity contribution is 5.32. The molecular formula is C6H9N3. The second-order valence-electron chi connectivity index (χ2n) is 1.74. The SMILES string of the molecule is CCc1nccnc1N. The van der Waals surface area contributed by atoms with E-state index in [0.29, 0.717) is 5.82 Å². The van der Waals surface area contributed by atoms with Crippen molar-refractivity contribution in [3.63, 3.8) is 0 Å². The fourth-order valence-corrected chi connectivity index (χ4v) is 0.650. The van der Waals surface area contributed by atoms with E-state index >= 15 is 0 Å². The van der Waals surface area contributed by atoms with Gasteiger partial charge in [-0.1, -0.05) is 6.92 Å². The van der Waals surface area contributed by atoms with Gasteiger partial charge in [-0.2, -0.15) is 0 Å². The summed E-state index contributed by atoms with van der Waals surface area (Å²) in [5, 5.41) is 0. The van der Waals surface area contributed by atoms with Crippen LogP contribution in [-0.2, 0) is 6.42 Å². The molecule has 3 nitrogen and oxygen atoms in total. The van der Waals surface area contributed by atoms with E-state index in [0.717, 1.165) is 12.1 Å². The largest absolute Gasteiger partial charge is 0.382 e. The number of hydrogen-bond acceptors (Lipinski definition) is 3. The van der Waals surface area contributed by atoms with Gasteiger partial charge in [0.1, 0.15) is 5.82 Å². The Labute approximate surface area is 53.9 Å². The zero-order valence-electron chi connectivity index (χ0n) is 5.33. The third-order valence-electron chi connectivity index (χ3n) is 1.14. The Balaban J connectivity index is 3.01. The van der Waals surface area contributed by atoms with Crippen LogP contribution in [0.2, 0.25) is 0 Å². The van der Waals surface area contributed by atoms with E-state index in [-0.39, 0.29) is 0 Å². The van der Waals surface area contributed by atoms with Gasteiger partial charge in [0, 0.05) is 12.4 Å². The lowest BCUT2D eigenvalue weighted by Crippen LogP contribution is -1.97. The first-order valence-electron chi connectivity index (χ1n) is 2.90. The summed E-state index contributed by atoms with van der Waals surface area (Å²) in [6.45, 7) is 2.00. The average Bonchev–Trinajstić information content (AvgIpc) is 1.89. The second-order valence-corrected chi connectivity index (χ2v) is 1.74. The second kappa shape index (κ2) is 2.44. The number of aryl methyl sites for hydroxylation is 1. The molecular weight excluding hydrogens is 114 g/mol. The molecule has 2 N–H and O–H groups in total. The summed E-state index contributed by atoms with van der Waals surface area (Å²) in [7, 11) is 0. The Hall–Kier alpha value is -1.12.